The summed E-state index contributed by atoms with van der Waals surface area (Å²) in [6, 6.07) is 14.7. The quantitative estimate of drug-likeness (QED) is 0.500. The highest BCUT2D eigenvalue weighted by molar-refractivity contribution is 7.19. The maximum atomic E-state index is 12.7. The molecule has 0 bridgehead atoms. The van der Waals surface area contributed by atoms with E-state index in [0.29, 0.717) is 22.0 Å². The highest BCUT2D eigenvalue weighted by Gasteiger charge is 2.16. The van der Waals surface area contributed by atoms with E-state index >= 15 is 0 Å². The molecule has 0 spiro atoms. The Morgan fingerprint density at radius 2 is 2.11 bits per heavy atom. The minimum atomic E-state index is -0.357. The average molecular weight is 391 g/mol. The summed E-state index contributed by atoms with van der Waals surface area (Å²) in [4.78, 5) is 13.4. The van der Waals surface area contributed by atoms with Crippen LogP contribution in [0.5, 0.6) is 5.75 Å². The molecular formula is C19H13N5O3S. The first-order chi connectivity index (χ1) is 13.7. The second-order valence-electron chi connectivity index (χ2n) is 5.98. The van der Waals surface area contributed by atoms with Crippen LogP contribution in [-0.4, -0.2) is 32.8 Å². The molecule has 5 aromatic rings. The highest BCUT2D eigenvalue weighted by atomic mass is 32.1. The third-order valence-electron chi connectivity index (χ3n) is 4.23. The molecule has 0 unspecified atom stereocenters. The zero-order chi connectivity index (χ0) is 19.1. The first-order valence-corrected chi connectivity index (χ1v) is 9.18. The van der Waals surface area contributed by atoms with E-state index in [1.165, 1.54) is 11.3 Å². The largest absolute Gasteiger partial charge is 0.495 e. The van der Waals surface area contributed by atoms with Gasteiger partial charge in [0, 0.05) is 10.9 Å². The van der Waals surface area contributed by atoms with Crippen LogP contribution < -0.4 is 10.1 Å². The standard InChI is InChI=1S/C19H13N5O3S/c1-26-15-7-6-12(18-23-24-10-20-22-19(24)28-18)8-13(15)21-17(25)16-9-11-4-2-3-5-14(11)27-16/h2-10H,1H3,(H,21,25). The van der Waals surface area contributed by atoms with Gasteiger partial charge < -0.3 is 14.5 Å². The second-order valence-corrected chi connectivity index (χ2v) is 6.94. The van der Waals surface area contributed by atoms with Crippen molar-refractivity contribution in [3.8, 4) is 16.3 Å². The van der Waals surface area contributed by atoms with Gasteiger partial charge in [0.05, 0.1) is 12.8 Å². The minimum absolute atomic E-state index is 0.229. The number of ether oxygens (including phenoxy) is 1. The number of carbonyl (C=O) groups excluding carboxylic acids is 1. The smallest absolute Gasteiger partial charge is 0.291 e. The van der Waals surface area contributed by atoms with E-state index in [1.807, 2.05) is 36.4 Å². The van der Waals surface area contributed by atoms with E-state index in [1.54, 1.807) is 30.1 Å². The Balaban J connectivity index is 1.49. The first kappa shape index (κ1) is 16.5. The van der Waals surface area contributed by atoms with Crippen molar-refractivity contribution in [3.63, 3.8) is 0 Å². The molecule has 3 aromatic heterocycles. The zero-order valence-electron chi connectivity index (χ0n) is 14.6. The van der Waals surface area contributed by atoms with Crippen LogP contribution in [0.1, 0.15) is 10.6 Å². The third-order valence-corrected chi connectivity index (χ3v) is 5.19. The summed E-state index contributed by atoms with van der Waals surface area (Å²) in [5, 5.41) is 16.7. The summed E-state index contributed by atoms with van der Waals surface area (Å²) in [5.74, 6) is 0.411. The third kappa shape index (κ3) is 2.78. The van der Waals surface area contributed by atoms with E-state index in [2.05, 4.69) is 20.6 Å². The topological polar surface area (TPSA) is 94.5 Å². The molecule has 3 heterocycles. The monoisotopic (exact) mass is 391 g/mol. The molecule has 0 radical (unpaired) electrons. The molecule has 5 rings (SSSR count). The van der Waals surface area contributed by atoms with Crippen molar-refractivity contribution in [3.05, 3.63) is 60.6 Å². The predicted octanol–water partition coefficient (Wildman–Crippen LogP) is 3.86. The van der Waals surface area contributed by atoms with Gasteiger partial charge in [-0.25, -0.2) is 0 Å². The lowest BCUT2D eigenvalue weighted by Gasteiger charge is -2.10. The summed E-state index contributed by atoms with van der Waals surface area (Å²) in [7, 11) is 1.55. The molecule has 138 valence electrons. The number of nitrogens with zero attached hydrogens (tertiary/aromatic N) is 4. The molecule has 28 heavy (non-hydrogen) atoms. The van der Waals surface area contributed by atoms with Crippen LogP contribution >= 0.6 is 11.3 Å². The van der Waals surface area contributed by atoms with Crippen LogP contribution in [0, 0.1) is 0 Å². The van der Waals surface area contributed by atoms with Gasteiger partial charge in [-0.05, 0) is 30.3 Å². The number of amides is 1. The molecule has 0 saturated heterocycles. The van der Waals surface area contributed by atoms with E-state index < -0.39 is 0 Å². The first-order valence-electron chi connectivity index (χ1n) is 8.36. The number of anilines is 1. The number of aromatic nitrogens is 4. The molecule has 0 aliphatic heterocycles. The van der Waals surface area contributed by atoms with Crippen LogP contribution in [0.3, 0.4) is 0 Å². The molecule has 9 heteroatoms. The van der Waals surface area contributed by atoms with Crippen molar-refractivity contribution in [1.29, 1.82) is 0 Å². The van der Waals surface area contributed by atoms with Gasteiger partial charge in [0.25, 0.3) is 5.91 Å². The average Bonchev–Trinajstić information content (AvgIpc) is 3.42. The number of rotatable bonds is 4. The molecule has 0 atom stereocenters. The minimum Gasteiger partial charge on any atom is -0.495 e. The van der Waals surface area contributed by atoms with Crippen LogP contribution in [-0.2, 0) is 0 Å². The molecule has 0 aliphatic carbocycles. The molecule has 0 fully saturated rings. The predicted molar refractivity (Wildman–Crippen MR) is 105 cm³/mol. The van der Waals surface area contributed by atoms with Crippen molar-refractivity contribution in [2.24, 2.45) is 0 Å². The molecular weight excluding hydrogens is 378 g/mol. The Morgan fingerprint density at radius 3 is 2.93 bits per heavy atom. The SMILES string of the molecule is COc1ccc(-c2nn3cnnc3s2)cc1NC(=O)c1cc2ccccc2o1. The molecule has 0 saturated carbocycles. The van der Waals surface area contributed by atoms with Gasteiger partial charge >= 0.3 is 0 Å². The second kappa shape index (κ2) is 6.46. The summed E-state index contributed by atoms with van der Waals surface area (Å²) in [5.41, 5.74) is 2.01. The van der Waals surface area contributed by atoms with Gasteiger partial charge in [-0.1, -0.05) is 29.5 Å². The Morgan fingerprint density at radius 1 is 1.21 bits per heavy atom. The van der Waals surface area contributed by atoms with Crippen LogP contribution in [0.15, 0.2) is 59.3 Å². The highest BCUT2D eigenvalue weighted by Crippen LogP contribution is 2.33. The van der Waals surface area contributed by atoms with Gasteiger partial charge in [-0.15, -0.1) is 10.2 Å². The van der Waals surface area contributed by atoms with Gasteiger partial charge in [0.2, 0.25) is 4.96 Å². The lowest BCUT2D eigenvalue weighted by molar-refractivity contribution is 0.0998. The number of hydrogen-bond acceptors (Lipinski definition) is 7. The van der Waals surface area contributed by atoms with Crippen molar-refractivity contribution in [2.75, 3.05) is 12.4 Å². The lowest BCUT2D eigenvalue weighted by atomic mass is 10.2. The number of carbonyl (C=O) groups is 1. The molecule has 1 amide bonds. The van der Waals surface area contributed by atoms with Crippen molar-refractivity contribution in [2.45, 2.75) is 0 Å². The van der Waals surface area contributed by atoms with Gasteiger partial charge in [0.1, 0.15) is 22.7 Å². The lowest BCUT2D eigenvalue weighted by Crippen LogP contribution is -2.11. The Hall–Kier alpha value is -3.72. The fourth-order valence-corrected chi connectivity index (χ4v) is 3.71. The van der Waals surface area contributed by atoms with Crippen LogP contribution in [0.25, 0.3) is 26.5 Å². The maximum absolute atomic E-state index is 12.7. The molecule has 2 aromatic carbocycles. The normalized spacial score (nSPS) is 11.2. The zero-order valence-corrected chi connectivity index (χ0v) is 15.4. The number of methoxy groups -OCH3 is 1. The van der Waals surface area contributed by atoms with Crippen LogP contribution in [0.4, 0.5) is 5.69 Å². The summed E-state index contributed by atoms with van der Waals surface area (Å²) >= 11 is 1.40. The maximum Gasteiger partial charge on any atom is 0.291 e. The van der Waals surface area contributed by atoms with E-state index in [4.69, 9.17) is 9.15 Å². The van der Waals surface area contributed by atoms with Gasteiger partial charge in [0.15, 0.2) is 5.76 Å². The Bertz CT molecular complexity index is 1260. The molecule has 8 nitrogen and oxygen atoms in total. The van der Waals surface area contributed by atoms with Gasteiger partial charge in [-0.3, -0.25) is 4.79 Å². The fraction of sp³-hybridized carbons (Fsp3) is 0.0526. The Kier molecular flexibility index (Phi) is 3.80. The fourth-order valence-electron chi connectivity index (χ4n) is 2.89. The van der Waals surface area contributed by atoms with Crippen LogP contribution in [0.2, 0.25) is 0 Å². The van der Waals surface area contributed by atoms with E-state index in [-0.39, 0.29) is 11.7 Å². The number of fused-ring (bicyclic) bond motifs is 2. The number of hydrogen-bond donors (Lipinski definition) is 1. The number of furan rings is 1. The number of benzene rings is 2. The Labute approximate surface area is 162 Å². The van der Waals surface area contributed by atoms with Crippen molar-refractivity contribution < 1.29 is 13.9 Å². The van der Waals surface area contributed by atoms with E-state index in [0.717, 1.165) is 16.0 Å². The summed E-state index contributed by atoms with van der Waals surface area (Å²) < 4.78 is 12.6. The molecule has 1 N–H and O–H groups in total. The number of nitrogens with one attached hydrogen (secondary N) is 1. The number of para-hydroxylation sites is 1. The van der Waals surface area contributed by atoms with Crippen molar-refractivity contribution in [1.82, 2.24) is 19.8 Å². The van der Waals surface area contributed by atoms with E-state index in [9.17, 15) is 4.79 Å². The summed E-state index contributed by atoms with van der Waals surface area (Å²) in [6.07, 6.45) is 1.54. The molecule has 0 aliphatic rings. The summed E-state index contributed by atoms with van der Waals surface area (Å²) in [6.45, 7) is 0. The van der Waals surface area contributed by atoms with Gasteiger partial charge in [-0.2, -0.15) is 9.61 Å². The van der Waals surface area contributed by atoms with Crippen molar-refractivity contribution >= 4 is 38.9 Å².